The van der Waals surface area contributed by atoms with Crippen LogP contribution >= 0.6 is 0 Å². The summed E-state index contributed by atoms with van der Waals surface area (Å²) < 4.78 is 42.6. The van der Waals surface area contributed by atoms with Crippen molar-refractivity contribution in [2.75, 3.05) is 38.1 Å². The van der Waals surface area contributed by atoms with Crippen molar-refractivity contribution in [1.82, 2.24) is 19.4 Å². The number of nitrogens with zero attached hydrogens (tertiary/aromatic N) is 4. The molecule has 0 unspecified atom stereocenters. The number of carbonyl (C=O) groups is 2. The molecule has 2 aromatic heterocycles. The number of furan rings is 1. The second kappa shape index (κ2) is 9.42. The Morgan fingerprint density at radius 3 is 2.45 bits per heavy atom. The molecule has 174 valence electrons. The maximum absolute atomic E-state index is 12.9. The maximum Gasteiger partial charge on any atom is 0.409 e. The Bertz CT molecular complexity index is 1210. The summed E-state index contributed by atoms with van der Waals surface area (Å²) in [7, 11) is -3.78. The number of hydrogen-bond donors (Lipinski definition) is 1. The number of aromatic nitrogens is 2. The van der Waals surface area contributed by atoms with Crippen molar-refractivity contribution in [3.05, 3.63) is 48.2 Å². The largest absolute Gasteiger partial charge is 0.459 e. The zero-order chi connectivity index (χ0) is 23.4. The Labute approximate surface area is 189 Å². The van der Waals surface area contributed by atoms with Crippen LogP contribution < -0.4 is 5.32 Å². The molecule has 33 heavy (non-hydrogen) atoms. The first-order valence-corrected chi connectivity index (χ1v) is 11.5. The Morgan fingerprint density at radius 1 is 1.09 bits per heavy atom. The van der Waals surface area contributed by atoms with Gasteiger partial charge in [0, 0.05) is 31.7 Å². The molecule has 12 nitrogen and oxygen atoms in total. The highest BCUT2D eigenvalue weighted by atomic mass is 32.2. The van der Waals surface area contributed by atoms with Gasteiger partial charge in [0.2, 0.25) is 10.0 Å². The van der Waals surface area contributed by atoms with Gasteiger partial charge in [-0.25, -0.2) is 13.2 Å². The molecule has 0 saturated carbocycles. The molecule has 0 spiro atoms. The van der Waals surface area contributed by atoms with E-state index in [9.17, 15) is 18.0 Å². The van der Waals surface area contributed by atoms with Gasteiger partial charge in [-0.15, -0.1) is 5.10 Å². The summed E-state index contributed by atoms with van der Waals surface area (Å²) in [5.41, 5.74) is 0.207. The molecular formula is C20H21N5O7S. The van der Waals surface area contributed by atoms with E-state index in [-0.39, 0.29) is 55.2 Å². The lowest BCUT2D eigenvalue weighted by Gasteiger charge is -2.33. The maximum atomic E-state index is 12.9. The molecule has 2 amide bonds. The fourth-order valence-electron chi connectivity index (χ4n) is 3.20. The number of sulfonamides is 1. The fraction of sp³-hybridized carbons (Fsp3) is 0.300. The van der Waals surface area contributed by atoms with Crippen LogP contribution in [0.4, 0.5) is 10.8 Å². The lowest BCUT2D eigenvalue weighted by molar-refractivity contribution is 0.0933. The smallest absolute Gasteiger partial charge is 0.409 e. The molecule has 3 heterocycles. The third kappa shape index (κ3) is 4.88. The molecule has 0 aliphatic carbocycles. The van der Waals surface area contributed by atoms with E-state index >= 15 is 0 Å². The van der Waals surface area contributed by atoms with Gasteiger partial charge in [0.25, 0.3) is 11.8 Å². The lowest BCUT2D eigenvalue weighted by atomic mass is 10.2. The monoisotopic (exact) mass is 475 g/mol. The first-order valence-electron chi connectivity index (χ1n) is 10.1. The van der Waals surface area contributed by atoms with Gasteiger partial charge in [0.15, 0.2) is 5.76 Å². The molecular weight excluding hydrogens is 454 g/mol. The zero-order valence-corrected chi connectivity index (χ0v) is 18.4. The van der Waals surface area contributed by atoms with Crippen molar-refractivity contribution in [3.8, 4) is 11.7 Å². The van der Waals surface area contributed by atoms with Crippen molar-refractivity contribution in [2.45, 2.75) is 11.8 Å². The number of piperazine rings is 1. The van der Waals surface area contributed by atoms with E-state index in [4.69, 9.17) is 13.6 Å². The Kier molecular flexibility index (Phi) is 6.42. The number of carbonyl (C=O) groups excluding carboxylic acids is 2. The molecule has 13 heteroatoms. The standard InChI is InChI=1S/C20H21N5O7S/c1-2-30-20(27)24-9-11-25(12-10-24)33(28,29)15-7-5-14(6-8-15)17(26)21-19-23-22-18(32-19)16-4-3-13-31-16/h3-8,13H,2,9-12H2,1H3,(H,21,23,26). The highest BCUT2D eigenvalue weighted by Gasteiger charge is 2.30. The molecule has 1 fully saturated rings. The van der Waals surface area contributed by atoms with Crippen LogP contribution in [0.5, 0.6) is 0 Å². The lowest BCUT2D eigenvalue weighted by Crippen LogP contribution is -2.50. The van der Waals surface area contributed by atoms with Gasteiger partial charge in [0.05, 0.1) is 17.8 Å². The molecule has 0 atom stereocenters. The minimum Gasteiger partial charge on any atom is -0.459 e. The predicted molar refractivity (Wildman–Crippen MR) is 114 cm³/mol. The van der Waals surface area contributed by atoms with Crippen molar-refractivity contribution >= 4 is 28.0 Å². The Balaban J connectivity index is 1.38. The number of benzene rings is 1. The quantitative estimate of drug-likeness (QED) is 0.565. The summed E-state index contributed by atoms with van der Waals surface area (Å²) in [4.78, 5) is 25.8. The molecule has 0 bridgehead atoms. The van der Waals surface area contributed by atoms with Crippen LogP contribution in [0.1, 0.15) is 17.3 Å². The molecule has 1 N–H and O–H groups in total. The van der Waals surface area contributed by atoms with Crippen LogP contribution in [0.25, 0.3) is 11.7 Å². The summed E-state index contributed by atoms with van der Waals surface area (Å²) in [6, 6.07) is 8.65. The van der Waals surface area contributed by atoms with Gasteiger partial charge in [0.1, 0.15) is 0 Å². The van der Waals surface area contributed by atoms with Gasteiger partial charge in [-0.3, -0.25) is 10.1 Å². The Hall–Kier alpha value is -3.71. The summed E-state index contributed by atoms with van der Waals surface area (Å²) in [5.74, 6) is -0.0721. The highest BCUT2D eigenvalue weighted by Crippen LogP contribution is 2.21. The summed E-state index contributed by atoms with van der Waals surface area (Å²) in [6.07, 6.45) is 0.996. The van der Waals surface area contributed by atoms with E-state index in [0.29, 0.717) is 5.76 Å². The van der Waals surface area contributed by atoms with E-state index in [1.54, 1.807) is 19.1 Å². The topological polar surface area (TPSA) is 148 Å². The Morgan fingerprint density at radius 2 is 1.82 bits per heavy atom. The summed E-state index contributed by atoms with van der Waals surface area (Å²) in [5, 5.41) is 9.98. The van der Waals surface area contributed by atoms with Crippen LogP contribution in [0.2, 0.25) is 0 Å². The fourth-order valence-corrected chi connectivity index (χ4v) is 4.62. The van der Waals surface area contributed by atoms with E-state index in [2.05, 4.69) is 15.5 Å². The molecule has 1 aliphatic rings. The van der Waals surface area contributed by atoms with E-state index < -0.39 is 22.0 Å². The minimum atomic E-state index is -3.78. The summed E-state index contributed by atoms with van der Waals surface area (Å²) in [6.45, 7) is 2.75. The number of ether oxygens (including phenoxy) is 1. The van der Waals surface area contributed by atoms with E-state index in [1.807, 2.05) is 0 Å². The molecule has 0 radical (unpaired) electrons. The molecule has 4 rings (SSSR count). The second-order valence-electron chi connectivity index (χ2n) is 6.96. The third-order valence-electron chi connectivity index (χ3n) is 4.90. The number of nitrogens with one attached hydrogen (secondary N) is 1. The normalized spacial score (nSPS) is 14.8. The van der Waals surface area contributed by atoms with Gasteiger partial charge in [-0.1, -0.05) is 5.10 Å². The third-order valence-corrected chi connectivity index (χ3v) is 6.81. The molecule has 1 aromatic carbocycles. The van der Waals surface area contributed by atoms with Crippen molar-refractivity contribution < 1.29 is 31.6 Å². The SMILES string of the molecule is CCOC(=O)N1CCN(S(=O)(=O)c2ccc(C(=O)Nc3nnc(-c4ccco4)o3)cc2)CC1. The predicted octanol–water partition coefficient (Wildman–Crippen LogP) is 2.04. The first kappa shape index (κ1) is 22.5. The van der Waals surface area contributed by atoms with E-state index in [0.717, 1.165) is 0 Å². The number of amides is 2. The zero-order valence-electron chi connectivity index (χ0n) is 17.6. The average molecular weight is 475 g/mol. The van der Waals surface area contributed by atoms with Gasteiger partial charge >= 0.3 is 12.1 Å². The van der Waals surface area contributed by atoms with Gasteiger partial charge in [-0.2, -0.15) is 4.31 Å². The number of anilines is 1. The van der Waals surface area contributed by atoms with Crippen LogP contribution in [0.15, 0.2) is 56.4 Å². The summed E-state index contributed by atoms with van der Waals surface area (Å²) >= 11 is 0. The molecule has 3 aromatic rings. The van der Waals surface area contributed by atoms with Gasteiger partial charge in [-0.05, 0) is 43.3 Å². The minimum absolute atomic E-state index is 0.0431. The van der Waals surface area contributed by atoms with Crippen molar-refractivity contribution in [1.29, 1.82) is 0 Å². The molecule has 1 saturated heterocycles. The van der Waals surface area contributed by atoms with Crippen LogP contribution in [0, 0.1) is 0 Å². The highest BCUT2D eigenvalue weighted by molar-refractivity contribution is 7.89. The van der Waals surface area contributed by atoms with Crippen LogP contribution in [0.3, 0.4) is 0 Å². The second-order valence-corrected chi connectivity index (χ2v) is 8.90. The van der Waals surface area contributed by atoms with E-state index in [1.165, 1.54) is 39.7 Å². The number of rotatable bonds is 6. The average Bonchev–Trinajstić information content (AvgIpc) is 3.51. The van der Waals surface area contributed by atoms with Crippen molar-refractivity contribution in [2.24, 2.45) is 0 Å². The number of hydrogen-bond acceptors (Lipinski definition) is 9. The van der Waals surface area contributed by atoms with Crippen LogP contribution in [-0.4, -0.2) is 72.6 Å². The van der Waals surface area contributed by atoms with Crippen molar-refractivity contribution in [3.63, 3.8) is 0 Å². The molecule has 1 aliphatic heterocycles. The first-order chi connectivity index (χ1) is 15.9. The van der Waals surface area contributed by atoms with Crippen LogP contribution in [-0.2, 0) is 14.8 Å². The van der Waals surface area contributed by atoms with Gasteiger partial charge < -0.3 is 18.5 Å².